The van der Waals surface area contributed by atoms with Crippen molar-refractivity contribution < 1.29 is 23.5 Å². The van der Waals surface area contributed by atoms with Gasteiger partial charge in [-0.3, -0.25) is 9.59 Å². The van der Waals surface area contributed by atoms with Crippen LogP contribution in [0.2, 0.25) is 0 Å². The lowest BCUT2D eigenvalue weighted by molar-refractivity contribution is -0.134. The first-order chi connectivity index (χ1) is 13.9. The van der Waals surface area contributed by atoms with Crippen LogP contribution in [-0.2, 0) is 11.3 Å². The Bertz CT molecular complexity index is 820. The van der Waals surface area contributed by atoms with Gasteiger partial charge >= 0.3 is 0 Å². The van der Waals surface area contributed by atoms with E-state index in [1.54, 1.807) is 35.2 Å². The molecule has 156 valence electrons. The van der Waals surface area contributed by atoms with Gasteiger partial charge < -0.3 is 14.4 Å². The summed E-state index contributed by atoms with van der Waals surface area (Å²) < 4.78 is 24.1. The average molecular weight is 401 g/mol. The smallest absolute Gasteiger partial charge is 0.260 e. The fraction of sp³-hybridized carbons (Fsp3) is 0.391. The number of halogens is 1. The highest BCUT2D eigenvalue weighted by molar-refractivity contribution is 5.94. The Balaban J connectivity index is 2.06. The van der Waals surface area contributed by atoms with Gasteiger partial charge in [-0.15, -0.1) is 0 Å². The third-order valence-corrected chi connectivity index (χ3v) is 4.59. The van der Waals surface area contributed by atoms with E-state index in [1.807, 2.05) is 0 Å². The largest absolute Gasteiger partial charge is 0.493 e. The lowest BCUT2D eigenvalue weighted by atomic mass is 10.1. The minimum Gasteiger partial charge on any atom is -0.493 e. The Morgan fingerprint density at radius 1 is 1.03 bits per heavy atom. The van der Waals surface area contributed by atoms with E-state index in [-0.39, 0.29) is 24.1 Å². The molecule has 2 aromatic rings. The Morgan fingerprint density at radius 2 is 1.76 bits per heavy atom. The number of unbranched alkanes of at least 4 members (excludes halogenated alkanes) is 2. The second-order valence-corrected chi connectivity index (χ2v) is 6.86. The monoisotopic (exact) mass is 401 g/mol. The van der Waals surface area contributed by atoms with Gasteiger partial charge in [-0.05, 0) is 49.2 Å². The highest BCUT2D eigenvalue weighted by atomic mass is 19.1. The number of ketones is 1. The summed E-state index contributed by atoms with van der Waals surface area (Å²) in [6.45, 7) is 4.43. The number of hydrogen-bond acceptors (Lipinski definition) is 4. The molecule has 0 spiro atoms. The summed E-state index contributed by atoms with van der Waals surface area (Å²) in [5, 5.41) is 0. The zero-order valence-corrected chi connectivity index (χ0v) is 17.2. The van der Waals surface area contributed by atoms with Crippen molar-refractivity contribution in [2.24, 2.45) is 0 Å². The molecule has 1 amide bonds. The van der Waals surface area contributed by atoms with Crippen LogP contribution >= 0.6 is 0 Å². The van der Waals surface area contributed by atoms with Crippen molar-refractivity contribution in [3.8, 4) is 11.5 Å². The second-order valence-electron chi connectivity index (χ2n) is 6.86. The number of methoxy groups -OCH3 is 1. The van der Waals surface area contributed by atoms with E-state index in [1.165, 1.54) is 26.2 Å². The van der Waals surface area contributed by atoms with E-state index < -0.39 is 0 Å². The number of nitrogens with zero attached hydrogens (tertiary/aromatic N) is 1. The number of rotatable bonds is 11. The first-order valence-electron chi connectivity index (χ1n) is 9.78. The van der Waals surface area contributed by atoms with Crippen molar-refractivity contribution in [1.29, 1.82) is 0 Å². The normalized spacial score (nSPS) is 10.5. The fourth-order valence-corrected chi connectivity index (χ4v) is 2.89. The predicted octanol–water partition coefficient (Wildman–Crippen LogP) is 4.63. The van der Waals surface area contributed by atoms with Gasteiger partial charge in [0.1, 0.15) is 5.82 Å². The molecule has 0 aliphatic rings. The van der Waals surface area contributed by atoms with Crippen molar-refractivity contribution in [3.05, 3.63) is 59.4 Å². The molecular formula is C23H28FNO4. The summed E-state index contributed by atoms with van der Waals surface area (Å²) in [5.41, 5.74) is 1.37. The van der Waals surface area contributed by atoms with Crippen LogP contribution in [0.5, 0.6) is 11.5 Å². The molecule has 0 fully saturated rings. The Labute approximate surface area is 171 Å². The number of amides is 1. The number of ether oxygens (including phenoxy) is 2. The standard InChI is InChI=1S/C23H28FNO4/c1-4-5-6-13-25(15-18-7-10-20(24)11-8-18)23(27)16-29-21-12-9-19(17(2)26)14-22(21)28-3/h7-12,14H,4-6,13,15-16H2,1-3H3. The molecule has 0 bridgehead atoms. The summed E-state index contributed by atoms with van der Waals surface area (Å²) in [6.07, 6.45) is 2.96. The van der Waals surface area contributed by atoms with Gasteiger partial charge in [-0.1, -0.05) is 31.9 Å². The molecule has 6 heteroatoms. The molecule has 0 radical (unpaired) electrons. The highest BCUT2D eigenvalue weighted by Gasteiger charge is 2.16. The molecule has 0 N–H and O–H groups in total. The maximum Gasteiger partial charge on any atom is 0.260 e. The van der Waals surface area contributed by atoms with Crippen molar-refractivity contribution in [2.75, 3.05) is 20.3 Å². The summed E-state index contributed by atoms with van der Waals surface area (Å²) in [6, 6.07) is 11.0. The fourth-order valence-electron chi connectivity index (χ4n) is 2.89. The van der Waals surface area contributed by atoms with Gasteiger partial charge in [0.15, 0.2) is 23.9 Å². The maximum atomic E-state index is 13.2. The lowest BCUT2D eigenvalue weighted by Crippen LogP contribution is -2.35. The van der Waals surface area contributed by atoms with Crippen LogP contribution in [0.25, 0.3) is 0 Å². The minimum atomic E-state index is -0.304. The summed E-state index contributed by atoms with van der Waals surface area (Å²) >= 11 is 0. The van der Waals surface area contributed by atoms with E-state index in [2.05, 4.69) is 6.92 Å². The van der Waals surface area contributed by atoms with Gasteiger partial charge in [0.05, 0.1) is 7.11 Å². The van der Waals surface area contributed by atoms with Gasteiger partial charge in [-0.2, -0.15) is 0 Å². The van der Waals surface area contributed by atoms with Crippen molar-refractivity contribution in [3.63, 3.8) is 0 Å². The van der Waals surface area contributed by atoms with Crippen molar-refractivity contribution in [2.45, 2.75) is 39.7 Å². The van der Waals surface area contributed by atoms with Crippen LogP contribution in [0.3, 0.4) is 0 Å². The quantitative estimate of drug-likeness (QED) is 0.407. The number of benzene rings is 2. The zero-order valence-electron chi connectivity index (χ0n) is 17.2. The van der Waals surface area contributed by atoms with Gasteiger partial charge in [0, 0.05) is 18.7 Å². The van der Waals surface area contributed by atoms with E-state index in [0.717, 1.165) is 24.8 Å². The predicted molar refractivity (Wildman–Crippen MR) is 110 cm³/mol. The van der Waals surface area contributed by atoms with Crippen LogP contribution < -0.4 is 9.47 Å². The molecule has 0 aromatic heterocycles. The Morgan fingerprint density at radius 3 is 2.38 bits per heavy atom. The summed E-state index contributed by atoms with van der Waals surface area (Å²) in [7, 11) is 1.49. The number of carbonyl (C=O) groups is 2. The molecule has 0 saturated carbocycles. The van der Waals surface area contributed by atoms with E-state index in [0.29, 0.717) is 30.2 Å². The number of Topliss-reactive ketones (excluding diaryl/α,β-unsaturated/α-hetero) is 1. The van der Waals surface area contributed by atoms with Crippen LogP contribution in [0.1, 0.15) is 49.0 Å². The van der Waals surface area contributed by atoms with Gasteiger partial charge in [-0.25, -0.2) is 4.39 Å². The molecule has 0 atom stereocenters. The third kappa shape index (κ3) is 6.89. The average Bonchev–Trinajstić information content (AvgIpc) is 2.72. The topological polar surface area (TPSA) is 55.8 Å². The molecule has 29 heavy (non-hydrogen) atoms. The minimum absolute atomic E-state index is 0.0766. The van der Waals surface area contributed by atoms with Crippen LogP contribution in [0.4, 0.5) is 4.39 Å². The second kappa shape index (κ2) is 11.2. The molecule has 2 rings (SSSR count). The molecule has 5 nitrogen and oxygen atoms in total. The Kier molecular flexibility index (Phi) is 8.65. The van der Waals surface area contributed by atoms with Crippen LogP contribution in [-0.4, -0.2) is 36.9 Å². The molecule has 0 aliphatic heterocycles. The first kappa shape index (κ1) is 22.4. The summed E-state index contributed by atoms with van der Waals surface area (Å²) in [4.78, 5) is 26.0. The third-order valence-electron chi connectivity index (χ3n) is 4.59. The molecule has 0 aliphatic carbocycles. The van der Waals surface area contributed by atoms with Crippen LogP contribution in [0, 0.1) is 5.82 Å². The van der Waals surface area contributed by atoms with E-state index >= 15 is 0 Å². The SMILES string of the molecule is CCCCCN(Cc1ccc(F)cc1)C(=O)COc1ccc(C(C)=O)cc1OC. The van der Waals surface area contributed by atoms with Crippen molar-refractivity contribution >= 4 is 11.7 Å². The zero-order chi connectivity index (χ0) is 21.2. The van der Waals surface area contributed by atoms with Crippen LogP contribution in [0.15, 0.2) is 42.5 Å². The number of hydrogen-bond donors (Lipinski definition) is 0. The molecule has 0 heterocycles. The first-order valence-corrected chi connectivity index (χ1v) is 9.78. The number of carbonyl (C=O) groups excluding carboxylic acids is 2. The molecule has 0 saturated heterocycles. The molecule has 0 unspecified atom stereocenters. The van der Waals surface area contributed by atoms with Crippen molar-refractivity contribution in [1.82, 2.24) is 4.90 Å². The molecular weight excluding hydrogens is 373 g/mol. The van der Waals surface area contributed by atoms with Gasteiger partial charge in [0.25, 0.3) is 5.91 Å². The highest BCUT2D eigenvalue weighted by Crippen LogP contribution is 2.28. The van der Waals surface area contributed by atoms with E-state index in [9.17, 15) is 14.0 Å². The molecule has 2 aromatic carbocycles. The Hall–Kier alpha value is -2.89. The lowest BCUT2D eigenvalue weighted by Gasteiger charge is -2.23. The van der Waals surface area contributed by atoms with Gasteiger partial charge in [0.2, 0.25) is 0 Å². The maximum absolute atomic E-state index is 13.2. The van der Waals surface area contributed by atoms with E-state index in [4.69, 9.17) is 9.47 Å². The summed E-state index contributed by atoms with van der Waals surface area (Å²) in [5.74, 6) is 0.264.